The van der Waals surface area contributed by atoms with Gasteiger partial charge in [-0.3, -0.25) is 4.98 Å². The van der Waals surface area contributed by atoms with Crippen LogP contribution in [-0.4, -0.2) is 19.1 Å². The molecule has 0 aliphatic heterocycles. The van der Waals surface area contributed by atoms with Gasteiger partial charge in [0.05, 0.1) is 39.1 Å². The smallest absolute Gasteiger partial charge is 0.153 e. The summed E-state index contributed by atoms with van der Waals surface area (Å²) in [5, 5.41) is 5.84. The van der Waals surface area contributed by atoms with Gasteiger partial charge in [-0.1, -0.05) is 115 Å². The molecule has 0 unspecified atom stereocenters. The average molecular weight is 729 g/mol. The van der Waals surface area contributed by atoms with Crippen LogP contribution in [0.2, 0.25) is 0 Å². The summed E-state index contributed by atoms with van der Waals surface area (Å²) in [6, 6.07) is 66.8. The minimum atomic E-state index is 0.795. The van der Waals surface area contributed by atoms with Crippen LogP contribution in [0.1, 0.15) is 0 Å². The van der Waals surface area contributed by atoms with E-state index in [1.807, 2.05) is 30.5 Å². The maximum Gasteiger partial charge on any atom is 0.153 e. The number of nitrogens with zero attached hydrogens (tertiary/aromatic N) is 4. The second-order valence-corrected chi connectivity index (χ2v) is 14.6. The highest BCUT2D eigenvalue weighted by Crippen LogP contribution is 2.40. The van der Waals surface area contributed by atoms with Gasteiger partial charge in [0.2, 0.25) is 0 Å². The molecule has 12 rings (SSSR count). The standard InChI is InChI=1S/C52H32N4O/c1-3-12-33(13-4-1)44-31-38(32-45(54-44)34-14-5-2-6-15-34)56-47-19-10-8-17-40(47)42-28-35(22-25-48(42)56)36-21-24-41-39-16-7-9-18-46(39)55(49(41)29-36)37-23-26-50-43(30-37)52-51(57-50)20-11-27-53-52/h1-32H. The first-order chi connectivity index (χ1) is 28.2. The zero-order valence-electron chi connectivity index (χ0n) is 30.7. The molecule has 5 heteroatoms. The third-order valence-electron chi connectivity index (χ3n) is 11.4. The lowest BCUT2D eigenvalue weighted by Gasteiger charge is -2.13. The van der Waals surface area contributed by atoms with Gasteiger partial charge in [-0.05, 0) is 83.9 Å². The molecule has 0 aliphatic rings. The minimum absolute atomic E-state index is 0.795. The van der Waals surface area contributed by atoms with Gasteiger partial charge in [-0.25, -0.2) is 4.98 Å². The first-order valence-electron chi connectivity index (χ1n) is 19.2. The van der Waals surface area contributed by atoms with Crippen molar-refractivity contribution in [1.29, 1.82) is 0 Å². The van der Waals surface area contributed by atoms with E-state index in [9.17, 15) is 0 Å². The number of rotatable bonds is 5. The molecule has 0 radical (unpaired) electrons. The van der Waals surface area contributed by atoms with Gasteiger partial charge in [-0.15, -0.1) is 0 Å². The molecule has 5 nitrogen and oxygen atoms in total. The van der Waals surface area contributed by atoms with Gasteiger partial charge in [0.1, 0.15) is 11.1 Å². The molecule has 0 saturated heterocycles. The lowest BCUT2D eigenvalue weighted by atomic mass is 10.0. The molecular formula is C52H32N4O. The largest absolute Gasteiger partial charge is 0.454 e. The normalized spacial score (nSPS) is 11.9. The predicted octanol–water partition coefficient (Wildman–Crippen LogP) is 13.6. The first-order valence-corrected chi connectivity index (χ1v) is 19.2. The molecule has 57 heavy (non-hydrogen) atoms. The third kappa shape index (κ3) is 4.96. The van der Waals surface area contributed by atoms with Crippen LogP contribution in [0.5, 0.6) is 0 Å². The van der Waals surface area contributed by atoms with Crippen LogP contribution in [0, 0.1) is 0 Å². The summed E-state index contributed by atoms with van der Waals surface area (Å²) in [5.74, 6) is 0. The molecule has 7 aromatic carbocycles. The zero-order valence-corrected chi connectivity index (χ0v) is 30.7. The summed E-state index contributed by atoms with van der Waals surface area (Å²) < 4.78 is 10.9. The number of aromatic nitrogens is 4. The second-order valence-electron chi connectivity index (χ2n) is 14.6. The third-order valence-corrected chi connectivity index (χ3v) is 11.4. The number of hydrogen-bond acceptors (Lipinski definition) is 3. The van der Waals surface area contributed by atoms with Gasteiger partial charge >= 0.3 is 0 Å². The van der Waals surface area contributed by atoms with E-state index in [4.69, 9.17) is 9.40 Å². The number of pyridine rings is 2. The molecule has 0 amide bonds. The van der Waals surface area contributed by atoms with Crippen molar-refractivity contribution in [2.24, 2.45) is 0 Å². The Morgan fingerprint density at radius 2 is 0.947 bits per heavy atom. The van der Waals surface area contributed by atoms with Gasteiger partial charge < -0.3 is 13.6 Å². The topological polar surface area (TPSA) is 48.8 Å². The van der Waals surface area contributed by atoms with Crippen LogP contribution in [0.25, 0.3) is 111 Å². The summed E-state index contributed by atoms with van der Waals surface area (Å²) in [6.07, 6.45) is 1.83. The van der Waals surface area contributed by atoms with E-state index in [1.165, 1.54) is 21.5 Å². The van der Waals surface area contributed by atoms with Crippen molar-refractivity contribution in [3.05, 3.63) is 194 Å². The highest BCUT2D eigenvalue weighted by molar-refractivity contribution is 6.13. The molecule has 0 aliphatic carbocycles. The number of para-hydroxylation sites is 2. The molecule has 0 atom stereocenters. The lowest BCUT2D eigenvalue weighted by Crippen LogP contribution is -1.98. The maximum atomic E-state index is 6.15. The fourth-order valence-corrected chi connectivity index (χ4v) is 8.74. The highest BCUT2D eigenvalue weighted by atomic mass is 16.3. The second kappa shape index (κ2) is 12.4. The Labute approximate surface area is 327 Å². The van der Waals surface area contributed by atoms with E-state index in [0.717, 1.165) is 89.2 Å². The first kappa shape index (κ1) is 31.6. The fraction of sp³-hybridized carbons (Fsp3) is 0. The molecule has 12 aromatic rings. The van der Waals surface area contributed by atoms with Crippen molar-refractivity contribution in [3.63, 3.8) is 0 Å². The van der Waals surface area contributed by atoms with Crippen molar-refractivity contribution in [2.45, 2.75) is 0 Å². The Bertz CT molecular complexity index is 3460. The van der Waals surface area contributed by atoms with E-state index in [0.29, 0.717) is 0 Å². The SMILES string of the molecule is c1ccc(-c2cc(-n3c4ccccc4c4cc(-c5ccc6c7ccccc7n(-c7ccc8oc9cccnc9c8c7)c6c5)ccc43)cc(-c3ccccc3)n2)cc1. The summed E-state index contributed by atoms with van der Waals surface area (Å²) in [4.78, 5) is 9.84. The van der Waals surface area contributed by atoms with Crippen molar-refractivity contribution in [1.82, 2.24) is 19.1 Å². The minimum Gasteiger partial charge on any atom is -0.454 e. The molecule has 5 aromatic heterocycles. The van der Waals surface area contributed by atoms with E-state index in [1.54, 1.807) is 0 Å². The Morgan fingerprint density at radius 3 is 1.68 bits per heavy atom. The zero-order chi connectivity index (χ0) is 37.5. The summed E-state index contributed by atoms with van der Waals surface area (Å²) in [6.45, 7) is 0. The van der Waals surface area contributed by atoms with Crippen LogP contribution in [0.4, 0.5) is 0 Å². The number of furan rings is 1. The Balaban J connectivity index is 1.05. The van der Waals surface area contributed by atoms with E-state index in [2.05, 4.69) is 178 Å². The molecule has 0 bridgehead atoms. The molecule has 0 N–H and O–H groups in total. The van der Waals surface area contributed by atoms with E-state index in [-0.39, 0.29) is 0 Å². The predicted molar refractivity (Wildman–Crippen MR) is 234 cm³/mol. The Hall–Kier alpha value is -7.76. The molecule has 0 spiro atoms. The maximum absolute atomic E-state index is 6.15. The Kier molecular flexibility index (Phi) is 6.86. The van der Waals surface area contributed by atoms with Crippen molar-refractivity contribution >= 4 is 65.7 Å². The molecule has 5 heterocycles. The molecular weight excluding hydrogens is 697 g/mol. The van der Waals surface area contributed by atoms with Crippen molar-refractivity contribution in [2.75, 3.05) is 0 Å². The van der Waals surface area contributed by atoms with E-state index >= 15 is 0 Å². The molecule has 0 fully saturated rings. The van der Waals surface area contributed by atoms with Gasteiger partial charge in [0.25, 0.3) is 0 Å². The summed E-state index contributed by atoms with van der Waals surface area (Å²) in [7, 11) is 0. The molecule has 0 saturated carbocycles. The number of fused-ring (bicyclic) bond motifs is 9. The highest BCUT2D eigenvalue weighted by Gasteiger charge is 2.18. The van der Waals surface area contributed by atoms with Crippen LogP contribution < -0.4 is 0 Å². The molecule has 266 valence electrons. The van der Waals surface area contributed by atoms with E-state index < -0.39 is 0 Å². The van der Waals surface area contributed by atoms with Gasteiger partial charge in [0.15, 0.2) is 5.58 Å². The van der Waals surface area contributed by atoms with Crippen LogP contribution in [0.3, 0.4) is 0 Å². The number of benzene rings is 7. The fourth-order valence-electron chi connectivity index (χ4n) is 8.74. The summed E-state index contributed by atoms with van der Waals surface area (Å²) >= 11 is 0. The van der Waals surface area contributed by atoms with Crippen LogP contribution in [0.15, 0.2) is 199 Å². The summed E-state index contributed by atoms with van der Waals surface area (Å²) in [5.41, 5.74) is 15.6. The Morgan fingerprint density at radius 1 is 0.351 bits per heavy atom. The van der Waals surface area contributed by atoms with Crippen molar-refractivity contribution < 1.29 is 4.42 Å². The van der Waals surface area contributed by atoms with Crippen LogP contribution >= 0.6 is 0 Å². The monoisotopic (exact) mass is 728 g/mol. The van der Waals surface area contributed by atoms with Gasteiger partial charge in [-0.2, -0.15) is 0 Å². The van der Waals surface area contributed by atoms with Crippen molar-refractivity contribution in [3.8, 4) is 45.0 Å². The quantitative estimate of drug-likeness (QED) is 0.177. The van der Waals surface area contributed by atoms with Gasteiger partial charge in [0, 0.05) is 49.9 Å². The lowest BCUT2D eigenvalue weighted by molar-refractivity contribution is 0.668. The number of hydrogen-bond donors (Lipinski definition) is 0. The average Bonchev–Trinajstić information content (AvgIpc) is 3.94. The van der Waals surface area contributed by atoms with Crippen LogP contribution in [-0.2, 0) is 0 Å².